The van der Waals surface area contributed by atoms with Crippen LogP contribution >= 0.6 is 31.9 Å². The van der Waals surface area contributed by atoms with Crippen LogP contribution in [-0.2, 0) is 9.53 Å². The Morgan fingerprint density at radius 2 is 1.93 bits per heavy atom. The smallest absolute Gasteiger partial charge is 0.322 e. The largest absolute Gasteiger partial charge is 0.465 e. The molecular formula is C10H16Br2O2. The average Bonchev–Trinajstić information content (AvgIpc) is 2.19. The fourth-order valence-corrected chi connectivity index (χ4v) is 2.57. The summed E-state index contributed by atoms with van der Waals surface area (Å²) in [6.45, 7) is 0.525. The molecule has 1 fully saturated rings. The van der Waals surface area contributed by atoms with Gasteiger partial charge in [-0.2, -0.15) is 0 Å². The minimum atomic E-state index is -0.377. The maximum absolute atomic E-state index is 11.7. The second kappa shape index (κ2) is 6.11. The molecule has 0 aromatic carbocycles. The Morgan fingerprint density at radius 1 is 1.29 bits per heavy atom. The Kier molecular flexibility index (Phi) is 5.45. The van der Waals surface area contributed by atoms with E-state index in [4.69, 9.17) is 4.74 Å². The number of esters is 1. The number of hydrogen-bond acceptors (Lipinski definition) is 2. The predicted octanol–water partition coefficient (Wildman–Crippen LogP) is 3.41. The minimum absolute atomic E-state index is 0.0712. The van der Waals surface area contributed by atoms with Crippen molar-refractivity contribution in [3.05, 3.63) is 0 Å². The van der Waals surface area contributed by atoms with Crippen LogP contribution in [0, 0.1) is 0 Å². The van der Waals surface area contributed by atoms with Gasteiger partial charge in [0.05, 0.1) is 6.61 Å². The van der Waals surface area contributed by atoms with Crippen molar-refractivity contribution in [3.8, 4) is 0 Å². The molecule has 0 radical (unpaired) electrons. The van der Waals surface area contributed by atoms with Gasteiger partial charge in [-0.1, -0.05) is 51.1 Å². The molecule has 0 saturated heterocycles. The zero-order valence-corrected chi connectivity index (χ0v) is 11.4. The summed E-state index contributed by atoms with van der Waals surface area (Å²) < 4.78 is 4.83. The lowest BCUT2D eigenvalue weighted by atomic mass is 9.89. The third-order valence-electron chi connectivity index (χ3n) is 2.52. The van der Waals surface area contributed by atoms with Crippen molar-refractivity contribution in [2.24, 2.45) is 0 Å². The van der Waals surface area contributed by atoms with E-state index in [2.05, 4.69) is 31.9 Å². The van der Waals surface area contributed by atoms with Crippen molar-refractivity contribution in [2.75, 3.05) is 11.9 Å². The molecule has 0 bridgehead atoms. The first-order chi connectivity index (χ1) is 6.69. The lowest BCUT2D eigenvalue weighted by molar-refractivity contribution is -0.147. The van der Waals surface area contributed by atoms with Gasteiger partial charge in [-0.05, 0) is 19.3 Å². The van der Waals surface area contributed by atoms with Crippen LogP contribution in [0.2, 0.25) is 0 Å². The quantitative estimate of drug-likeness (QED) is 0.449. The topological polar surface area (TPSA) is 26.3 Å². The van der Waals surface area contributed by atoms with Gasteiger partial charge in [0.25, 0.3) is 0 Å². The molecule has 0 N–H and O–H groups in total. The molecular weight excluding hydrogens is 312 g/mol. The van der Waals surface area contributed by atoms with E-state index in [1.54, 1.807) is 0 Å². The molecule has 4 heteroatoms. The van der Waals surface area contributed by atoms with Gasteiger partial charge < -0.3 is 4.74 Å². The number of halogens is 2. The molecule has 0 aliphatic heterocycles. The average molecular weight is 328 g/mol. The normalized spacial score (nSPS) is 20.4. The van der Waals surface area contributed by atoms with E-state index in [-0.39, 0.29) is 10.3 Å². The summed E-state index contributed by atoms with van der Waals surface area (Å²) in [6, 6.07) is 0. The van der Waals surface area contributed by atoms with Gasteiger partial charge in [0.1, 0.15) is 4.32 Å². The Balaban J connectivity index is 2.33. The zero-order chi connectivity index (χ0) is 10.4. The van der Waals surface area contributed by atoms with Crippen LogP contribution in [-0.4, -0.2) is 22.2 Å². The second-order valence-electron chi connectivity index (χ2n) is 3.70. The molecule has 1 aliphatic carbocycles. The molecule has 0 heterocycles. The number of carbonyl (C=O) groups excluding carboxylic acids is 1. The van der Waals surface area contributed by atoms with Crippen LogP contribution in [0.25, 0.3) is 0 Å². The molecule has 1 saturated carbocycles. The highest BCUT2D eigenvalue weighted by molar-refractivity contribution is 9.10. The summed E-state index contributed by atoms with van der Waals surface area (Å²) in [7, 11) is 0. The van der Waals surface area contributed by atoms with E-state index < -0.39 is 0 Å². The van der Waals surface area contributed by atoms with Crippen molar-refractivity contribution in [1.29, 1.82) is 0 Å². The van der Waals surface area contributed by atoms with E-state index in [1.807, 2.05) is 0 Å². The Labute approximate surface area is 102 Å². The predicted molar refractivity (Wildman–Crippen MR) is 64.1 cm³/mol. The van der Waals surface area contributed by atoms with Crippen LogP contribution in [0.5, 0.6) is 0 Å². The molecule has 0 unspecified atom stereocenters. The summed E-state index contributed by atoms with van der Waals surface area (Å²) >= 11 is 6.83. The molecule has 0 atom stereocenters. The van der Waals surface area contributed by atoms with Crippen LogP contribution in [0.4, 0.5) is 0 Å². The number of alkyl halides is 2. The van der Waals surface area contributed by atoms with Crippen LogP contribution in [0.1, 0.15) is 38.5 Å². The fraction of sp³-hybridized carbons (Fsp3) is 0.900. The zero-order valence-electron chi connectivity index (χ0n) is 8.23. The van der Waals surface area contributed by atoms with Crippen molar-refractivity contribution in [3.63, 3.8) is 0 Å². The minimum Gasteiger partial charge on any atom is -0.465 e. The molecule has 1 rings (SSSR count). The summed E-state index contributed by atoms with van der Waals surface area (Å²) in [5, 5.41) is 0.884. The molecule has 0 spiro atoms. The van der Waals surface area contributed by atoms with Gasteiger partial charge in [0.2, 0.25) is 0 Å². The first-order valence-electron chi connectivity index (χ1n) is 5.11. The highest BCUT2D eigenvalue weighted by atomic mass is 79.9. The standard InChI is InChI=1S/C10H16Br2O2/c11-7-4-8-14-9(13)10(12)5-2-1-3-6-10/h1-8H2. The molecule has 2 nitrogen and oxygen atoms in total. The third-order valence-corrected chi connectivity index (χ3v) is 4.20. The van der Waals surface area contributed by atoms with Crippen LogP contribution in [0.15, 0.2) is 0 Å². The maximum atomic E-state index is 11.7. The number of rotatable bonds is 4. The molecule has 0 aromatic heterocycles. The highest BCUT2D eigenvalue weighted by Gasteiger charge is 2.38. The summed E-state index contributed by atoms with van der Waals surface area (Å²) in [4.78, 5) is 11.7. The molecule has 14 heavy (non-hydrogen) atoms. The lowest BCUT2D eigenvalue weighted by Crippen LogP contribution is -2.36. The van der Waals surface area contributed by atoms with Crippen molar-refractivity contribution in [1.82, 2.24) is 0 Å². The lowest BCUT2D eigenvalue weighted by Gasteiger charge is -2.29. The summed E-state index contributed by atoms with van der Waals surface area (Å²) in [5.41, 5.74) is 0. The van der Waals surface area contributed by atoms with E-state index in [0.29, 0.717) is 6.61 Å². The van der Waals surface area contributed by atoms with Crippen molar-refractivity contribution >= 4 is 37.8 Å². The van der Waals surface area contributed by atoms with E-state index in [9.17, 15) is 4.79 Å². The fourth-order valence-electron chi connectivity index (χ4n) is 1.67. The molecule has 0 amide bonds. The highest BCUT2D eigenvalue weighted by Crippen LogP contribution is 2.36. The van der Waals surface area contributed by atoms with E-state index >= 15 is 0 Å². The second-order valence-corrected chi connectivity index (χ2v) is 6.02. The Bertz CT molecular complexity index is 189. The van der Waals surface area contributed by atoms with Crippen LogP contribution < -0.4 is 0 Å². The van der Waals surface area contributed by atoms with Gasteiger partial charge in [-0.15, -0.1) is 0 Å². The molecule has 82 valence electrons. The van der Waals surface area contributed by atoms with Crippen LogP contribution in [0.3, 0.4) is 0 Å². The SMILES string of the molecule is O=C(OCCCBr)C1(Br)CCCCC1. The first-order valence-corrected chi connectivity index (χ1v) is 7.02. The summed E-state index contributed by atoms with van der Waals surface area (Å²) in [6.07, 6.45) is 6.20. The Hall–Kier alpha value is 0.430. The number of hydrogen-bond donors (Lipinski definition) is 0. The third kappa shape index (κ3) is 3.54. The monoisotopic (exact) mass is 326 g/mol. The molecule has 1 aliphatic rings. The van der Waals surface area contributed by atoms with Gasteiger partial charge in [-0.25, -0.2) is 0 Å². The number of ether oxygens (including phenoxy) is 1. The Morgan fingerprint density at radius 3 is 2.50 bits per heavy atom. The van der Waals surface area contributed by atoms with Crippen molar-refractivity contribution < 1.29 is 9.53 Å². The van der Waals surface area contributed by atoms with Gasteiger partial charge in [-0.3, -0.25) is 4.79 Å². The number of carbonyl (C=O) groups is 1. The van der Waals surface area contributed by atoms with Gasteiger partial charge in [0.15, 0.2) is 0 Å². The van der Waals surface area contributed by atoms with Crippen molar-refractivity contribution in [2.45, 2.75) is 42.8 Å². The first kappa shape index (κ1) is 12.5. The summed E-state index contributed by atoms with van der Waals surface area (Å²) in [5.74, 6) is -0.0712. The van der Waals surface area contributed by atoms with E-state index in [1.165, 1.54) is 6.42 Å². The van der Waals surface area contributed by atoms with Gasteiger partial charge in [0, 0.05) is 5.33 Å². The van der Waals surface area contributed by atoms with E-state index in [0.717, 1.165) is 37.4 Å². The molecule has 0 aromatic rings. The maximum Gasteiger partial charge on any atom is 0.322 e. The van der Waals surface area contributed by atoms with Gasteiger partial charge >= 0.3 is 5.97 Å².